The third kappa shape index (κ3) is 7.90. The molecule has 0 spiro atoms. The molecule has 10 rings (SSSR count). The minimum atomic E-state index is -2.18. The first kappa shape index (κ1) is 33.2. The summed E-state index contributed by atoms with van der Waals surface area (Å²) in [5.41, 5.74) is 16.9. The average Bonchev–Trinajstić information content (AvgIpc) is 3.90. The number of nitrogens with zero attached hydrogens (tertiary/aromatic N) is 3. The molecule has 3 heterocycles. The molecule has 0 aliphatic carbocycles. The van der Waals surface area contributed by atoms with Crippen LogP contribution in [-0.4, -0.2) is 14.5 Å². The third-order valence-electron chi connectivity index (χ3n) is 10.6. The van der Waals surface area contributed by atoms with E-state index in [1.54, 1.807) is 12.1 Å². The van der Waals surface area contributed by atoms with Crippen LogP contribution < -0.4 is 0 Å². The number of aromatic nitrogens is 3. The Balaban J connectivity index is 0.000000238. The molecule has 60 heavy (non-hydrogen) atoms. The quantitative estimate of drug-likeness (QED) is 0.156. The van der Waals surface area contributed by atoms with Crippen LogP contribution in [0.5, 0.6) is 0 Å². The minimum absolute atomic E-state index is 0. The third-order valence-corrected chi connectivity index (χ3v) is 10.6. The molecule has 0 amide bonds. The second kappa shape index (κ2) is 17.3. The second-order valence-corrected chi connectivity index (χ2v) is 14.7. The summed E-state index contributed by atoms with van der Waals surface area (Å²) < 4.78 is 52.1. The first-order valence-electron chi connectivity index (χ1n) is 22.5. The zero-order chi connectivity index (χ0) is 45.5. The molecule has 0 aliphatic rings. The van der Waals surface area contributed by atoms with Crippen molar-refractivity contribution in [3.05, 3.63) is 210 Å². The molecule has 0 N–H and O–H groups in total. The Hall–Kier alpha value is -6.65. The number of furan rings is 1. The number of imidazole rings is 1. The molecule has 10 aromatic rings. The van der Waals surface area contributed by atoms with Crippen LogP contribution in [0.2, 0.25) is 0 Å². The van der Waals surface area contributed by atoms with Gasteiger partial charge in [0.05, 0.1) is 22.5 Å². The fourth-order valence-electron chi connectivity index (χ4n) is 7.82. The smallest absolute Gasteiger partial charge is 0.0774 e. The summed E-state index contributed by atoms with van der Waals surface area (Å²) in [5, 5.41) is 0.987. The van der Waals surface area contributed by atoms with Gasteiger partial charge in [0.1, 0.15) is 0 Å². The van der Waals surface area contributed by atoms with Gasteiger partial charge in [-0.2, -0.15) is 0 Å². The molecular formula is C55H43IrN3O-2. The summed E-state index contributed by atoms with van der Waals surface area (Å²) in [6.45, 7) is 2.17. The number of rotatable bonds is 6. The second-order valence-electron chi connectivity index (χ2n) is 14.7. The van der Waals surface area contributed by atoms with E-state index in [1.807, 2.05) is 6.07 Å². The topological polar surface area (TPSA) is 43.9 Å². The van der Waals surface area contributed by atoms with Crippen LogP contribution in [0.25, 0.3) is 83.7 Å². The minimum Gasteiger partial charge on any atom is -0.557 e. The van der Waals surface area contributed by atoms with Crippen LogP contribution in [0, 0.1) is 46.8 Å². The molecule has 0 atom stereocenters. The van der Waals surface area contributed by atoms with Gasteiger partial charge in [0.25, 0.3) is 0 Å². The number of fused-ring (bicyclic) bond motifs is 2. The molecule has 1 radical (unpaired) electrons. The first-order valence-corrected chi connectivity index (χ1v) is 19.5. The zero-order valence-electron chi connectivity index (χ0n) is 39.2. The molecule has 0 fully saturated rings. The van der Waals surface area contributed by atoms with Crippen LogP contribution in [0.15, 0.2) is 174 Å². The summed E-state index contributed by atoms with van der Waals surface area (Å²) in [5.74, 6) is 0.798. The van der Waals surface area contributed by atoms with Crippen molar-refractivity contribution >= 4 is 22.0 Å². The number of aryl methyl sites for hydroxylation is 5. The van der Waals surface area contributed by atoms with Gasteiger partial charge < -0.3 is 14.0 Å². The van der Waals surface area contributed by atoms with Crippen LogP contribution in [-0.2, 0) is 20.1 Å². The van der Waals surface area contributed by atoms with Crippen molar-refractivity contribution in [3.8, 4) is 61.7 Å². The largest absolute Gasteiger partial charge is 0.557 e. The normalized spacial score (nSPS) is 12.8. The number of hydrogen-bond acceptors (Lipinski definition) is 3. The standard InChI is InChI=1S/C42H31N2O.C13H12N.Ir/c1-27-23-33(30-15-6-4-7-16-30)41(34(24-27)31-17-8-5-9-18-31)44-38-20-11-10-19-37(38)43-42(44)36-26-45-39-22-21-32(25-35(36)39)40-28(2)13-12-14-29(40)3;1-10-3-6-12(7-4-10)13-8-5-11(2)9-14-13;/h4-25H,1-3H3;3-6,8-9H,1-2H3;/q2*-1;/i;1D3,2D3;. The Morgan fingerprint density at radius 3 is 1.92 bits per heavy atom. The van der Waals surface area contributed by atoms with E-state index in [0.717, 1.165) is 66.9 Å². The van der Waals surface area contributed by atoms with E-state index in [4.69, 9.17) is 17.6 Å². The Kier molecular flexibility index (Phi) is 9.57. The maximum absolute atomic E-state index is 7.28. The molecule has 0 unspecified atom stereocenters. The average molecular weight is 960 g/mol. The molecule has 0 bridgehead atoms. The number of hydrogen-bond donors (Lipinski definition) is 0. The molecule has 0 aliphatic heterocycles. The SMILES string of the molecule is Cc1cc(-c2ccccc2)c(-n2c(-c3[c-]oc4ccc(-c5c(C)cccc5C)cc34)nc3ccccc32)c(-c2ccccc2)c1.[2H]C([2H])([2H])c1c[c-]c(-c2ccc(C([2H])([2H])[2H])cn2)cc1.[Ir]. The van der Waals surface area contributed by atoms with E-state index in [0.29, 0.717) is 11.3 Å². The summed E-state index contributed by atoms with van der Waals surface area (Å²) in [7, 11) is 0. The van der Waals surface area contributed by atoms with E-state index in [9.17, 15) is 0 Å². The van der Waals surface area contributed by atoms with Crippen LogP contribution in [0.1, 0.15) is 36.0 Å². The van der Waals surface area contributed by atoms with Gasteiger partial charge in [-0.3, -0.25) is 4.98 Å². The predicted molar refractivity (Wildman–Crippen MR) is 244 cm³/mol. The fourth-order valence-corrected chi connectivity index (χ4v) is 7.82. The van der Waals surface area contributed by atoms with Crippen LogP contribution in [0.4, 0.5) is 0 Å². The molecular weight excluding hydrogens is 911 g/mol. The van der Waals surface area contributed by atoms with Crippen molar-refractivity contribution < 1.29 is 32.7 Å². The van der Waals surface area contributed by atoms with Gasteiger partial charge in [0.15, 0.2) is 0 Å². The number of para-hydroxylation sites is 2. The van der Waals surface area contributed by atoms with Crippen molar-refractivity contribution in [1.29, 1.82) is 0 Å². The van der Waals surface area contributed by atoms with Gasteiger partial charge in [0.2, 0.25) is 0 Å². The monoisotopic (exact) mass is 960 g/mol. The van der Waals surface area contributed by atoms with Crippen molar-refractivity contribution in [2.75, 3.05) is 0 Å². The summed E-state index contributed by atoms with van der Waals surface area (Å²) in [6, 6.07) is 57.5. The molecule has 0 saturated heterocycles. The van der Waals surface area contributed by atoms with Gasteiger partial charge in [-0.1, -0.05) is 139 Å². The van der Waals surface area contributed by atoms with Gasteiger partial charge in [-0.15, -0.1) is 35.4 Å². The number of benzene rings is 7. The van der Waals surface area contributed by atoms with Crippen molar-refractivity contribution in [1.82, 2.24) is 14.5 Å². The van der Waals surface area contributed by atoms with Crippen LogP contribution in [0.3, 0.4) is 0 Å². The van der Waals surface area contributed by atoms with E-state index < -0.39 is 13.7 Å². The molecule has 4 nitrogen and oxygen atoms in total. The fraction of sp³-hybridized carbons (Fsp3) is 0.0909. The Morgan fingerprint density at radius 2 is 1.28 bits per heavy atom. The maximum atomic E-state index is 7.28. The Morgan fingerprint density at radius 1 is 0.617 bits per heavy atom. The van der Waals surface area contributed by atoms with Crippen LogP contribution >= 0.6 is 0 Å². The predicted octanol–water partition coefficient (Wildman–Crippen LogP) is 14.3. The first-order chi connectivity index (χ1) is 31.2. The summed E-state index contributed by atoms with van der Waals surface area (Å²) in [4.78, 5) is 9.36. The van der Waals surface area contributed by atoms with Crippen molar-refractivity contribution in [2.24, 2.45) is 0 Å². The van der Waals surface area contributed by atoms with Gasteiger partial charge in [-0.05, 0) is 102 Å². The van der Waals surface area contributed by atoms with Gasteiger partial charge in [0, 0.05) is 57.5 Å². The summed E-state index contributed by atoms with van der Waals surface area (Å²) in [6.07, 6.45) is 4.58. The molecule has 295 valence electrons. The van der Waals surface area contributed by atoms with E-state index in [-0.39, 0.29) is 31.2 Å². The van der Waals surface area contributed by atoms with E-state index in [2.05, 4.69) is 170 Å². The Labute approximate surface area is 374 Å². The molecule has 7 aromatic carbocycles. The summed E-state index contributed by atoms with van der Waals surface area (Å²) >= 11 is 0. The van der Waals surface area contributed by atoms with Crippen molar-refractivity contribution in [3.63, 3.8) is 0 Å². The molecule has 3 aromatic heterocycles. The van der Waals surface area contributed by atoms with E-state index >= 15 is 0 Å². The maximum Gasteiger partial charge on any atom is 0.0774 e. The number of pyridine rings is 1. The molecule has 5 heteroatoms. The van der Waals surface area contributed by atoms with Gasteiger partial charge in [-0.25, -0.2) is 0 Å². The van der Waals surface area contributed by atoms with Crippen molar-refractivity contribution in [2.45, 2.75) is 34.5 Å². The van der Waals surface area contributed by atoms with Gasteiger partial charge >= 0.3 is 0 Å². The van der Waals surface area contributed by atoms with E-state index in [1.165, 1.54) is 46.6 Å². The zero-order valence-corrected chi connectivity index (χ0v) is 35.6. The molecule has 0 saturated carbocycles. The Bertz CT molecular complexity index is 3170.